The summed E-state index contributed by atoms with van der Waals surface area (Å²) in [6.07, 6.45) is -2.54. The Labute approximate surface area is 103 Å². The molecule has 0 fully saturated rings. The summed E-state index contributed by atoms with van der Waals surface area (Å²) in [5, 5.41) is -0.566. The normalized spacial score (nSPS) is 11.6. The predicted octanol–water partition coefficient (Wildman–Crippen LogP) is 3.35. The van der Waals surface area contributed by atoms with Gasteiger partial charge in [0, 0.05) is 11.8 Å². The molecule has 2 heterocycles. The van der Waals surface area contributed by atoms with Crippen LogP contribution in [0.15, 0.2) is 24.5 Å². The first-order chi connectivity index (χ1) is 8.36. The Morgan fingerprint density at radius 2 is 1.78 bits per heavy atom. The van der Waals surface area contributed by atoms with Crippen molar-refractivity contribution in [3.63, 3.8) is 0 Å². The van der Waals surface area contributed by atoms with Crippen molar-refractivity contribution in [3.05, 3.63) is 41.3 Å². The van der Waals surface area contributed by atoms with Gasteiger partial charge in [-0.1, -0.05) is 0 Å². The average Bonchev–Trinajstić information content (AvgIpc) is 2.27. The summed E-state index contributed by atoms with van der Waals surface area (Å²) in [6, 6.07) is 1.69. The van der Waals surface area contributed by atoms with Gasteiger partial charge in [0.15, 0.2) is 0 Å². The van der Waals surface area contributed by atoms with Crippen molar-refractivity contribution in [3.8, 4) is 11.3 Å². The van der Waals surface area contributed by atoms with Crippen molar-refractivity contribution in [2.45, 2.75) is 6.18 Å². The molecule has 0 radical (unpaired) electrons. The lowest BCUT2D eigenvalue weighted by atomic mass is 10.2. The van der Waals surface area contributed by atoms with E-state index in [-0.39, 0.29) is 11.3 Å². The van der Waals surface area contributed by atoms with Crippen molar-refractivity contribution in [1.29, 1.82) is 0 Å². The van der Waals surface area contributed by atoms with Crippen molar-refractivity contribution in [2.75, 3.05) is 0 Å². The molecule has 0 atom stereocenters. The summed E-state index contributed by atoms with van der Waals surface area (Å²) in [7, 11) is 0. The quantitative estimate of drug-likeness (QED) is 0.593. The number of alkyl halides is 3. The maximum Gasteiger partial charge on any atom is 0.433 e. The van der Waals surface area contributed by atoms with E-state index in [2.05, 4.69) is 15.0 Å². The van der Waals surface area contributed by atoms with Crippen LogP contribution in [0.5, 0.6) is 0 Å². The highest BCUT2D eigenvalue weighted by Gasteiger charge is 2.33. The van der Waals surface area contributed by atoms with Gasteiger partial charge in [-0.3, -0.25) is 4.98 Å². The van der Waals surface area contributed by atoms with Crippen LogP contribution in [0.1, 0.15) is 5.69 Å². The minimum Gasteiger partial charge on any atom is -0.261 e. The van der Waals surface area contributed by atoms with Crippen LogP contribution in [-0.2, 0) is 6.18 Å². The number of hydrogen-bond donors (Lipinski definition) is 0. The van der Waals surface area contributed by atoms with E-state index in [9.17, 15) is 17.6 Å². The molecule has 0 saturated heterocycles. The van der Waals surface area contributed by atoms with E-state index < -0.39 is 23.0 Å². The highest BCUT2D eigenvalue weighted by Crippen LogP contribution is 2.30. The van der Waals surface area contributed by atoms with Crippen LogP contribution in [0.25, 0.3) is 11.3 Å². The molecule has 3 nitrogen and oxygen atoms in total. The third kappa shape index (κ3) is 2.73. The second kappa shape index (κ2) is 4.49. The Morgan fingerprint density at radius 3 is 2.39 bits per heavy atom. The van der Waals surface area contributed by atoms with Gasteiger partial charge in [0.2, 0.25) is 5.28 Å². The third-order valence-electron chi connectivity index (χ3n) is 1.99. The van der Waals surface area contributed by atoms with Crippen molar-refractivity contribution >= 4 is 11.6 Å². The van der Waals surface area contributed by atoms with Crippen molar-refractivity contribution in [2.24, 2.45) is 0 Å². The predicted molar refractivity (Wildman–Crippen MR) is 55.2 cm³/mol. The molecule has 2 rings (SSSR count). The maximum atomic E-state index is 12.9. The molecule has 0 aliphatic rings. The lowest BCUT2D eigenvalue weighted by Gasteiger charge is -2.08. The van der Waals surface area contributed by atoms with E-state index in [0.29, 0.717) is 6.07 Å². The first kappa shape index (κ1) is 12.7. The number of nitrogens with zero attached hydrogens (tertiary/aromatic N) is 3. The second-order valence-electron chi connectivity index (χ2n) is 3.30. The minimum absolute atomic E-state index is 0.0878. The van der Waals surface area contributed by atoms with E-state index in [1.54, 1.807) is 0 Å². The fourth-order valence-electron chi connectivity index (χ4n) is 1.26. The van der Waals surface area contributed by atoms with Crippen LogP contribution in [0, 0.1) is 5.82 Å². The number of halogens is 5. The molecule has 0 aliphatic heterocycles. The Morgan fingerprint density at radius 1 is 1.06 bits per heavy atom. The van der Waals surface area contributed by atoms with Crippen LogP contribution >= 0.6 is 11.6 Å². The van der Waals surface area contributed by atoms with Gasteiger partial charge in [-0.05, 0) is 23.7 Å². The number of rotatable bonds is 1. The van der Waals surface area contributed by atoms with E-state index in [4.69, 9.17) is 11.6 Å². The van der Waals surface area contributed by atoms with Gasteiger partial charge in [0.1, 0.15) is 11.5 Å². The van der Waals surface area contributed by atoms with Crippen LogP contribution in [0.2, 0.25) is 5.28 Å². The zero-order valence-electron chi connectivity index (χ0n) is 8.54. The monoisotopic (exact) mass is 277 g/mol. The summed E-state index contributed by atoms with van der Waals surface area (Å²) in [4.78, 5) is 10.2. The zero-order valence-corrected chi connectivity index (χ0v) is 9.30. The Bertz CT molecular complexity index is 586. The molecule has 0 saturated carbocycles. The van der Waals surface area contributed by atoms with Crippen LogP contribution in [0.3, 0.4) is 0 Å². The molecule has 0 bridgehead atoms. The average molecular weight is 278 g/mol. The van der Waals surface area contributed by atoms with E-state index >= 15 is 0 Å². The van der Waals surface area contributed by atoms with Gasteiger partial charge in [-0.2, -0.15) is 13.2 Å². The lowest BCUT2D eigenvalue weighted by molar-refractivity contribution is -0.141. The van der Waals surface area contributed by atoms with Gasteiger partial charge < -0.3 is 0 Å². The molecule has 18 heavy (non-hydrogen) atoms. The van der Waals surface area contributed by atoms with Crippen LogP contribution in [-0.4, -0.2) is 15.0 Å². The zero-order chi connectivity index (χ0) is 13.3. The first-order valence-electron chi connectivity index (χ1n) is 4.59. The van der Waals surface area contributed by atoms with Crippen LogP contribution < -0.4 is 0 Å². The van der Waals surface area contributed by atoms with Crippen molar-refractivity contribution < 1.29 is 17.6 Å². The lowest BCUT2D eigenvalue weighted by Crippen LogP contribution is -2.09. The fraction of sp³-hybridized carbons (Fsp3) is 0.100. The van der Waals surface area contributed by atoms with E-state index in [1.165, 1.54) is 6.20 Å². The minimum atomic E-state index is -4.65. The maximum absolute atomic E-state index is 12.9. The molecule has 0 unspecified atom stereocenters. The van der Waals surface area contributed by atoms with Gasteiger partial charge >= 0.3 is 6.18 Å². The molecule has 0 aliphatic carbocycles. The van der Waals surface area contributed by atoms with E-state index in [0.717, 1.165) is 12.3 Å². The summed E-state index contributed by atoms with van der Waals surface area (Å²) >= 11 is 5.41. The first-order valence-corrected chi connectivity index (χ1v) is 4.97. The largest absolute Gasteiger partial charge is 0.433 e. The highest BCUT2D eigenvalue weighted by molar-refractivity contribution is 6.28. The smallest absolute Gasteiger partial charge is 0.261 e. The molecule has 0 amide bonds. The Kier molecular flexibility index (Phi) is 3.16. The fourth-order valence-corrected chi connectivity index (χ4v) is 1.44. The summed E-state index contributed by atoms with van der Waals surface area (Å²) in [5.74, 6) is -0.684. The van der Waals surface area contributed by atoms with Gasteiger partial charge in [-0.25, -0.2) is 14.4 Å². The van der Waals surface area contributed by atoms with Gasteiger partial charge in [0.05, 0.1) is 11.9 Å². The summed E-state index contributed by atoms with van der Waals surface area (Å²) in [6.45, 7) is 0. The molecule has 0 N–H and O–H groups in total. The van der Waals surface area contributed by atoms with Crippen LogP contribution in [0.4, 0.5) is 17.6 Å². The molecular weight excluding hydrogens is 274 g/mol. The Balaban J connectivity index is 2.55. The molecule has 0 aromatic carbocycles. The SMILES string of the molecule is Fc1cncc(-c2cc(C(F)(F)F)nc(Cl)n2)c1. The van der Waals surface area contributed by atoms with E-state index in [1.807, 2.05) is 0 Å². The molecule has 0 spiro atoms. The second-order valence-corrected chi connectivity index (χ2v) is 3.64. The number of hydrogen-bond acceptors (Lipinski definition) is 3. The highest BCUT2D eigenvalue weighted by atomic mass is 35.5. The molecule has 2 aromatic rings. The third-order valence-corrected chi connectivity index (χ3v) is 2.16. The molecule has 8 heteroatoms. The van der Waals surface area contributed by atoms with Gasteiger partial charge in [0.25, 0.3) is 0 Å². The molecule has 94 valence electrons. The summed E-state index contributed by atoms with van der Waals surface area (Å²) in [5.41, 5.74) is -1.25. The van der Waals surface area contributed by atoms with Crippen molar-refractivity contribution in [1.82, 2.24) is 15.0 Å². The molecular formula is C10H4ClF4N3. The standard InChI is InChI=1S/C10H4ClF4N3/c11-9-17-7(2-8(18-9)10(13,14)15)5-1-6(12)4-16-3-5/h1-4H. The molecule has 2 aromatic heterocycles. The number of pyridine rings is 1. The Hall–Kier alpha value is -1.76. The van der Waals surface area contributed by atoms with Gasteiger partial charge in [-0.15, -0.1) is 0 Å². The number of aromatic nitrogens is 3. The summed E-state index contributed by atoms with van der Waals surface area (Å²) < 4.78 is 50.4. The topological polar surface area (TPSA) is 38.7 Å².